The van der Waals surface area contributed by atoms with Crippen LogP contribution >= 0.6 is 0 Å². The summed E-state index contributed by atoms with van der Waals surface area (Å²) in [4.78, 5) is 24.9. The molecule has 2 N–H and O–H groups in total. The summed E-state index contributed by atoms with van der Waals surface area (Å²) in [5, 5.41) is 12.0. The number of anilines is 1. The number of benzene rings is 1. The van der Waals surface area contributed by atoms with E-state index in [1.54, 1.807) is 23.1 Å². The Balaban J connectivity index is 2.15. The van der Waals surface area contributed by atoms with E-state index in [-0.39, 0.29) is 17.6 Å². The molecule has 0 aliphatic carbocycles. The van der Waals surface area contributed by atoms with E-state index in [1.165, 1.54) is 0 Å². The molecule has 0 saturated heterocycles. The molecule has 1 aliphatic rings. The fraction of sp³-hybridized carbons (Fsp3) is 0.467. The molecule has 0 fully saturated rings. The first-order valence-corrected chi connectivity index (χ1v) is 7.01. The Hall–Kier alpha value is -2.04. The molecule has 5 nitrogen and oxygen atoms in total. The number of hydrogen-bond donors (Lipinski definition) is 2. The Labute approximate surface area is 118 Å². The minimum Gasteiger partial charge on any atom is -0.478 e. The quantitative estimate of drug-likeness (QED) is 0.888. The highest BCUT2D eigenvalue weighted by atomic mass is 16.4. The summed E-state index contributed by atoms with van der Waals surface area (Å²) in [5.74, 6) is -0.937. The summed E-state index contributed by atoms with van der Waals surface area (Å²) in [6.45, 7) is 4.70. The van der Waals surface area contributed by atoms with Crippen LogP contribution in [0, 0.1) is 0 Å². The zero-order valence-corrected chi connectivity index (χ0v) is 11.8. The van der Waals surface area contributed by atoms with Gasteiger partial charge in [0.2, 0.25) is 0 Å². The average molecular weight is 276 g/mol. The number of carboxylic acid groups (broad SMARTS) is 1. The number of carboxylic acids is 1. The summed E-state index contributed by atoms with van der Waals surface area (Å²) in [6.07, 6.45) is 2.51. The van der Waals surface area contributed by atoms with Crippen LogP contribution in [0.25, 0.3) is 0 Å². The number of nitrogens with one attached hydrogen (secondary N) is 1. The molecule has 0 radical (unpaired) electrons. The number of carbonyl (C=O) groups excluding carboxylic acids is 1. The first-order valence-electron chi connectivity index (χ1n) is 7.01. The van der Waals surface area contributed by atoms with Crippen molar-refractivity contribution in [3.63, 3.8) is 0 Å². The first kappa shape index (κ1) is 14.4. The first-order chi connectivity index (χ1) is 9.56. The summed E-state index contributed by atoms with van der Waals surface area (Å²) < 4.78 is 0. The minimum absolute atomic E-state index is 0.0967. The molecule has 108 valence electrons. The number of fused-ring (bicyclic) bond motifs is 1. The molecule has 2 rings (SSSR count). The highest BCUT2D eigenvalue weighted by Gasteiger charge is 2.26. The zero-order valence-electron chi connectivity index (χ0n) is 11.8. The van der Waals surface area contributed by atoms with E-state index in [0.717, 1.165) is 24.1 Å². The zero-order chi connectivity index (χ0) is 14.7. The summed E-state index contributed by atoms with van der Waals surface area (Å²) in [7, 11) is 0. The number of urea groups is 1. The minimum atomic E-state index is -0.937. The maximum absolute atomic E-state index is 12.3. The third kappa shape index (κ3) is 2.76. The predicted molar refractivity (Wildman–Crippen MR) is 77.4 cm³/mol. The highest BCUT2D eigenvalue weighted by Crippen LogP contribution is 2.29. The normalized spacial score (nSPS) is 13.4. The third-order valence-corrected chi connectivity index (χ3v) is 3.78. The molecule has 1 aromatic carbocycles. The topological polar surface area (TPSA) is 69.6 Å². The molecule has 0 unspecified atom stereocenters. The van der Waals surface area contributed by atoms with Crippen LogP contribution in [0.1, 0.15) is 42.6 Å². The smallest absolute Gasteiger partial charge is 0.335 e. The van der Waals surface area contributed by atoms with Crippen molar-refractivity contribution in [2.24, 2.45) is 0 Å². The largest absolute Gasteiger partial charge is 0.478 e. The molecule has 1 heterocycles. The van der Waals surface area contributed by atoms with Crippen LogP contribution in [0.3, 0.4) is 0 Å². The molecule has 20 heavy (non-hydrogen) atoms. The summed E-state index contributed by atoms with van der Waals surface area (Å²) >= 11 is 0. The van der Waals surface area contributed by atoms with Crippen molar-refractivity contribution in [1.82, 2.24) is 5.32 Å². The maximum Gasteiger partial charge on any atom is 0.335 e. The van der Waals surface area contributed by atoms with Crippen LogP contribution in [0.4, 0.5) is 10.5 Å². The van der Waals surface area contributed by atoms with Crippen LogP contribution in [0.5, 0.6) is 0 Å². The van der Waals surface area contributed by atoms with Gasteiger partial charge in [-0.1, -0.05) is 13.8 Å². The monoisotopic (exact) mass is 276 g/mol. The van der Waals surface area contributed by atoms with Gasteiger partial charge in [-0.15, -0.1) is 0 Å². The molecule has 0 bridgehead atoms. The van der Waals surface area contributed by atoms with E-state index in [1.807, 2.05) is 13.8 Å². The number of nitrogens with zero attached hydrogens (tertiary/aromatic N) is 1. The van der Waals surface area contributed by atoms with Crippen LogP contribution in [0.2, 0.25) is 0 Å². The van der Waals surface area contributed by atoms with E-state index < -0.39 is 5.97 Å². The second-order valence-corrected chi connectivity index (χ2v) is 5.01. The third-order valence-electron chi connectivity index (χ3n) is 3.78. The van der Waals surface area contributed by atoms with Crippen molar-refractivity contribution in [3.05, 3.63) is 29.3 Å². The Morgan fingerprint density at radius 2 is 2.05 bits per heavy atom. The molecule has 1 aliphatic heterocycles. The second-order valence-electron chi connectivity index (χ2n) is 5.01. The molecule has 0 saturated carbocycles. The maximum atomic E-state index is 12.3. The van der Waals surface area contributed by atoms with Crippen molar-refractivity contribution in [1.29, 1.82) is 0 Å². The fourth-order valence-corrected chi connectivity index (χ4v) is 2.49. The Morgan fingerprint density at radius 3 is 2.65 bits per heavy atom. The standard InChI is InChI=1S/C15H20N2O3/c1-3-12(4-2)16-15(20)17-8-7-10-9-11(14(18)19)5-6-13(10)17/h5-6,9,12H,3-4,7-8H2,1-2H3,(H,16,20)(H,18,19). The van der Waals surface area contributed by atoms with Crippen molar-refractivity contribution in [2.45, 2.75) is 39.2 Å². The Bertz CT molecular complexity index is 524. The van der Waals surface area contributed by atoms with Gasteiger partial charge in [0.1, 0.15) is 0 Å². The van der Waals surface area contributed by atoms with Crippen LogP contribution < -0.4 is 10.2 Å². The van der Waals surface area contributed by atoms with Crippen LogP contribution in [-0.2, 0) is 6.42 Å². The van der Waals surface area contributed by atoms with Crippen molar-refractivity contribution in [2.75, 3.05) is 11.4 Å². The van der Waals surface area contributed by atoms with E-state index in [0.29, 0.717) is 13.0 Å². The molecule has 0 atom stereocenters. The van der Waals surface area contributed by atoms with Gasteiger partial charge < -0.3 is 10.4 Å². The lowest BCUT2D eigenvalue weighted by molar-refractivity contribution is 0.0697. The van der Waals surface area contributed by atoms with Gasteiger partial charge in [-0.05, 0) is 43.0 Å². The highest BCUT2D eigenvalue weighted by molar-refractivity contribution is 5.96. The van der Waals surface area contributed by atoms with E-state index in [2.05, 4.69) is 5.32 Å². The number of rotatable bonds is 4. The van der Waals surface area contributed by atoms with Crippen LogP contribution in [-0.4, -0.2) is 29.7 Å². The molecular weight excluding hydrogens is 256 g/mol. The predicted octanol–water partition coefficient (Wildman–Crippen LogP) is 2.65. The van der Waals surface area contributed by atoms with Gasteiger partial charge in [-0.25, -0.2) is 9.59 Å². The second kappa shape index (κ2) is 5.94. The number of aromatic carboxylic acids is 1. The van der Waals surface area contributed by atoms with Crippen molar-refractivity contribution in [3.8, 4) is 0 Å². The van der Waals surface area contributed by atoms with Gasteiger partial charge in [0.15, 0.2) is 0 Å². The number of amides is 2. The van der Waals surface area contributed by atoms with E-state index in [9.17, 15) is 9.59 Å². The van der Waals surface area contributed by atoms with Gasteiger partial charge in [0.25, 0.3) is 0 Å². The molecule has 0 spiro atoms. The number of hydrogen-bond acceptors (Lipinski definition) is 2. The van der Waals surface area contributed by atoms with Gasteiger partial charge in [0, 0.05) is 18.3 Å². The van der Waals surface area contributed by atoms with Gasteiger partial charge in [-0.3, -0.25) is 4.90 Å². The van der Waals surface area contributed by atoms with Crippen molar-refractivity contribution < 1.29 is 14.7 Å². The van der Waals surface area contributed by atoms with Gasteiger partial charge in [0.05, 0.1) is 5.56 Å². The summed E-state index contributed by atoms with van der Waals surface area (Å²) in [5.41, 5.74) is 2.01. The number of carbonyl (C=O) groups is 2. The molecular formula is C15H20N2O3. The van der Waals surface area contributed by atoms with E-state index >= 15 is 0 Å². The average Bonchev–Trinajstić information content (AvgIpc) is 2.87. The SMILES string of the molecule is CCC(CC)NC(=O)N1CCc2cc(C(=O)O)ccc21. The Kier molecular flexibility index (Phi) is 4.27. The van der Waals surface area contributed by atoms with Gasteiger partial charge >= 0.3 is 12.0 Å². The fourth-order valence-electron chi connectivity index (χ4n) is 2.49. The molecule has 0 aromatic heterocycles. The lowest BCUT2D eigenvalue weighted by Gasteiger charge is -2.22. The molecule has 1 aromatic rings. The molecule has 2 amide bonds. The lowest BCUT2D eigenvalue weighted by atomic mass is 10.1. The molecule has 5 heteroatoms. The lowest BCUT2D eigenvalue weighted by Crippen LogP contribution is -2.43. The van der Waals surface area contributed by atoms with Crippen LogP contribution in [0.15, 0.2) is 18.2 Å². The van der Waals surface area contributed by atoms with Gasteiger partial charge in [-0.2, -0.15) is 0 Å². The van der Waals surface area contributed by atoms with E-state index in [4.69, 9.17) is 5.11 Å². The van der Waals surface area contributed by atoms with Crippen molar-refractivity contribution >= 4 is 17.7 Å². The summed E-state index contributed by atoms with van der Waals surface area (Å²) in [6, 6.07) is 5.01. The Morgan fingerprint density at radius 1 is 1.35 bits per heavy atom.